The molecule has 44 heavy (non-hydrogen) atoms. The number of carbonyl (C=O) groups excluding carboxylic acids is 1. The molecule has 0 amide bonds. The summed E-state index contributed by atoms with van der Waals surface area (Å²) >= 11 is 3.66. The van der Waals surface area contributed by atoms with Crippen LogP contribution in [0, 0.1) is 18.6 Å². The number of benzene rings is 3. The molecule has 6 rings (SSSR count). The van der Waals surface area contributed by atoms with Crippen molar-refractivity contribution in [2.75, 3.05) is 18.8 Å². The number of nitrogen functional groups attached to an aromatic ring is 1. The number of hydrogen-bond acceptors (Lipinski definition) is 6. The normalized spacial score (nSPS) is 15.4. The lowest BCUT2D eigenvalue weighted by molar-refractivity contribution is 0.0838. The van der Waals surface area contributed by atoms with Crippen molar-refractivity contribution in [3.05, 3.63) is 98.7 Å². The molecule has 1 aliphatic carbocycles. The Morgan fingerprint density at radius 2 is 1.82 bits per heavy atom. The summed E-state index contributed by atoms with van der Waals surface area (Å²) < 4.78 is 43.4. The average molecular weight is 664 g/mol. The third-order valence-corrected chi connectivity index (χ3v) is 8.87. The molecule has 2 heterocycles. The Bertz CT molecular complexity index is 1750. The Morgan fingerprint density at radius 3 is 2.52 bits per heavy atom. The van der Waals surface area contributed by atoms with Crippen LogP contribution in [0.3, 0.4) is 0 Å². The summed E-state index contributed by atoms with van der Waals surface area (Å²) in [4.78, 5) is 16.1. The largest absolute Gasteiger partial charge is 0.489 e. The molecule has 0 unspecified atom stereocenters. The number of hydrogen-bond donors (Lipinski definition) is 1. The van der Waals surface area contributed by atoms with Gasteiger partial charge in [-0.1, -0.05) is 12.1 Å². The van der Waals surface area contributed by atoms with Gasteiger partial charge in [0.25, 0.3) is 0 Å². The van der Waals surface area contributed by atoms with Crippen molar-refractivity contribution in [2.24, 2.45) is 0 Å². The minimum Gasteiger partial charge on any atom is -0.489 e. The number of anilines is 1. The number of allylic oxidation sites excluding steroid dienone is 1. The average Bonchev–Trinajstić information content (AvgIpc) is 3.57. The number of nitrogens with zero attached hydrogens (tertiary/aromatic N) is 3. The molecule has 2 N–H and O–H groups in total. The molecular weight excluding hydrogens is 630 g/mol. The van der Waals surface area contributed by atoms with Gasteiger partial charge in [0.2, 0.25) is 0 Å². The summed E-state index contributed by atoms with van der Waals surface area (Å²) in [6, 6.07) is 13.1. The molecule has 0 bridgehead atoms. The summed E-state index contributed by atoms with van der Waals surface area (Å²) in [5, 5.41) is 4.26. The van der Waals surface area contributed by atoms with Crippen LogP contribution in [-0.2, 0) is 6.42 Å². The number of nitrogens with two attached hydrogens (primary N) is 1. The maximum Gasteiger partial charge on any atom is 0.194 e. The zero-order valence-electron chi connectivity index (χ0n) is 24.7. The molecule has 0 radical (unpaired) electrons. The summed E-state index contributed by atoms with van der Waals surface area (Å²) in [5.74, 6) is -0.621. The highest BCUT2D eigenvalue weighted by molar-refractivity contribution is 9.10. The number of halogens is 3. The SMILES string of the molecule is Cc1cc(Oc2ccccc2F)cc(F)c1-n1ncc(C(=O)C2=Cc3cc(OC4CCN(C(C)C)CC4)c(Br)cc3C2)c1N. The van der Waals surface area contributed by atoms with Gasteiger partial charge in [0.1, 0.15) is 29.1 Å². The van der Waals surface area contributed by atoms with Crippen molar-refractivity contribution >= 4 is 33.6 Å². The fraction of sp³-hybridized carbons (Fsp3) is 0.294. The van der Waals surface area contributed by atoms with Gasteiger partial charge in [-0.2, -0.15) is 5.10 Å². The second-order valence-corrected chi connectivity index (χ2v) is 12.4. The van der Waals surface area contributed by atoms with Crippen molar-refractivity contribution in [3.63, 3.8) is 0 Å². The zero-order valence-corrected chi connectivity index (χ0v) is 26.3. The Hall–Kier alpha value is -4.02. The third-order valence-electron chi connectivity index (χ3n) is 8.25. The van der Waals surface area contributed by atoms with Crippen LogP contribution in [0.2, 0.25) is 0 Å². The third kappa shape index (κ3) is 5.88. The molecule has 0 atom stereocenters. The Morgan fingerprint density at radius 1 is 1.07 bits per heavy atom. The van der Waals surface area contributed by atoms with Crippen LogP contribution >= 0.6 is 15.9 Å². The number of aryl methyl sites for hydroxylation is 1. The number of para-hydroxylation sites is 1. The first-order valence-electron chi connectivity index (χ1n) is 14.6. The first-order valence-corrected chi connectivity index (χ1v) is 15.4. The van der Waals surface area contributed by atoms with Gasteiger partial charge in [-0.25, -0.2) is 13.5 Å². The predicted octanol–water partition coefficient (Wildman–Crippen LogP) is 7.67. The van der Waals surface area contributed by atoms with Gasteiger partial charge in [-0.3, -0.25) is 4.79 Å². The monoisotopic (exact) mass is 662 g/mol. The number of ketones is 1. The predicted molar refractivity (Wildman–Crippen MR) is 170 cm³/mol. The van der Waals surface area contributed by atoms with Crippen LogP contribution in [0.25, 0.3) is 11.8 Å². The molecule has 10 heteroatoms. The van der Waals surface area contributed by atoms with Crippen LogP contribution in [-0.4, -0.2) is 45.7 Å². The van der Waals surface area contributed by atoms with E-state index in [1.807, 2.05) is 18.2 Å². The number of rotatable bonds is 8. The lowest BCUT2D eigenvalue weighted by Gasteiger charge is -2.34. The van der Waals surface area contributed by atoms with Crippen molar-refractivity contribution in [3.8, 4) is 22.9 Å². The van der Waals surface area contributed by atoms with Crippen molar-refractivity contribution in [2.45, 2.75) is 52.2 Å². The van der Waals surface area contributed by atoms with E-state index in [0.717, 1.165) is 53.3 Å². The molecule has 228 valence electrons. The first-order chi connectivity index (χ1) is 21.1. The standard InChI is InChI=1S/C34H33BrF2N4O3/c1-19(2)40-10-8-24(9-11-40)43-31-16-22-14-23(13-21(22)15-27(31)35)33(42)26-18-39-41(34(26)38)32-20(3)12-25(17-29(32)37)44-30-7-5-4-6-28(30)36/h4-7,12,14-19,24H,8-11,13,38H2,1-3H3. The van der Waals surface area contributed by atoms with Crippen LogP contribution in [0.15, 0.2) is 64.8 Å². The van der Waals surface area contributed by atoms with Crippen LogP contribution in [0.5, 0.6) is 17.2 Å². The summed E-state index contributed by atoms with van der Waals surface area (Å²) in [6.45, 7) is 8.11. The Kier molecular flexibility index (Phi) is 8.30. The molecule has 1 aliphatic heterocycles. The molecule has 0 saturated carbocycles. The van der Waals surface area contributed by atoms with E-state index in [1.165, 1.54) is 23.0 Å². The van der Waals surface area contributed by atoms with Gasteiger partial charge in [-0.05, 0) is 103 Å². The lowest BCUT2D eigenvalue weighted by atomic mass is 10.0. The van der Waals surface area contributed by atoms with E-state index >= 15 is 4.39 Å². The summed E-state index contributed by atoms with van der Waals surface area (Å²) in [7, 11) is 0. The number of ether oxygens (including phenoxy) is 2. The highest BCUT2D eigenvalue weighted by Gasteiger charge is 2.28. The molecular formula is C34H33BrF2N4O3. The van der Waals surface area contributed by atoms with Gasteiger partial charge in [0, 0.05) is 37.2 Å². The second-order valence-electron chi connectivity index (χ2n) is 11.6. The number of Topliss-reactive ketones (excluding diaryl/α,β-unsaturated/α-hetero) is 1. The topological polar surface area (TPSA) is 82.6 Å². The molecule has 3 aromatic carbocycles. The Balaban J connectivity index is 1.19. The quantitative estimate of drug-likeness (QED) is 0.195. The highest BCUT2D eigenvalue weighted by atomic mass is 79.9. The van der Waals surface area contributed by atoms with Crippen molar-refractivity contribution in [1.82, 2.24) is 14.7 Å². The van der Waals surface area contributed by atoms with Crippen molar-refractivity contribution in [1.29, 1.82) is 0 Å². The van der Waals surface area contributed by atoms with Gasteiger partial charge < -0.3 is 20.1 Å². The molecule has 1 aromatic heterocycles. The molecule has 1 saturated heterocycles. The van der Waals surface area contributed by atoms with Crippen LogP contribution in [0.4, 0.5) is 14.6 Å². The smallest absolute Gasteiger partial charge is 0.194 e. The lowest BCUT2D eigenvalue weighted by Crippen LogP contribution is -2.41. The van der Waals surface area contributed by atoms with E-state index in [4.69, 9.17) is 15.2 Å². The summed E-state index contributed by atoms with van der Waals surface area (Å²) in [5.41, 5.74) is 9.58. The van der Waals surface area contributed by atoms with E-state index in [-0.39, 0.29) is 40.5 Å². The highest BCUT2D eigenvalue weighted by Crippen LogP contribution is 2.38. The van der Waals surface area contributed by atoms with Gasteiger partial charge in [0.05, 0.1) is 16.2 Å². The Labute approximate surface area is 263 Å². The fourth-order valence-corrected chi connectivity index (χ4v) is 6.32. The zero-order chi connectivity index (χ0) is 31.1. The molecule has 7 nitrogen and oxygen atoms in total. The van der Waals surface area contributed by atoms with Crippen LogP contribution < -0.4 is 15.2 Å². The van der Waals surface area contributed by atoms with Crippen molar-refractivity contribution < 1.29 is 23.0 Å². The molecule has 2 aliphatic rings. The number of fused-ring (bicyclic) bond motifs is 1. The number of aromatic nitrogens is 2. The van der Waals surface area contributed by atoms with E-state index in [2.05, 4.69) is 39.8 Å². The van der Waals surface area contributed by atoms with Crippen LogP contribution in [0.1, 0.15) is 53.7 Å². The van der Waals surface area contributed by atoms with E-state index in [9.17, 15) is 9.18 Å². The van der Waals surface area contributed by atoms with Gasteiger partial charge in [-0.15, -0.1) is 0 Å². The number of carbonyl (C=O) groups is 1. The van der Waals surface area contributed by atoms with E-state index in [0.29, 0.717) is 23.6 Å². The minimum absolute atomic E-state index is 0.0194. The van der Waals surface area contributed by atoms with Gasteiger partial charge in [0.15, 0.2) is 23.2 Å². The first kappa shape index (κ1) is 30.0. The molecule has 0 spiro atoms. The second kappa shape index (κ2) is 12.2. The number of likely N-dealkylation sites (tertiary alicyclic amines) is 1. The molecule has 1 fully saturated rings. The minimum atomic E-state index is -0.676. The van der Waals surface area contributed by atoms with E-state index < -0.39 is 11.6 Å². The van der Waals surface area contributed by atoms with E-state index in [1.54, 1.807) is 25.1 Å². The summed E-state index contributed by atoms with van der Waals surface area (Å²) in [6.07, 6.45) is 5.71. The maximum absolute atomic E-state index is 15.4. The number of piperidine rings is 1. The fourth-order valence-electron chi connectivity index (χ4n) is 5.84. The maximum atomic E-state index is 15.4. The molecule has 4 aromatic rings. The van der Waals surface area contributed by atoms with Gasteiger partial charge >= 0.3 is 0 Å².